The maximum Gasteiger partial charge on any atom is 0.255 e. The fourth-order valence-corrected chi connectivity index (χ4v) is 1.90. The monoisotopic (exact) mass is 266 g/mol. The van der Waals surface area contributed by atoms with E-state index < -0.39 is 0 Å². The van der Waals surface area contributed by atoms with Gasteiger partial charge in [0.1, 0.15) is 0 Å². The Kier molecular flexibility index (Phi) is 3.16. The molecule has 4 heteroatoms. The van der Waals surface area contributed by atoms with E-state index in [0.717, 1.165) is 17.4 Å². The first-order valence-electron chi connectivity index (χ1n) is 4.82. The Morgan fingerprint density at radius 3 is 2.93 bits per heavy atom. The lowest BCUT2D eigenvalue weighted by Crippen LogP contribution is -2.33. The minimum absolute atomic E-state index is 0.0492. The summed E-state index contributed by atoms with van der Waals surface area (Å²) >= 11 is 3.31. The highest BCUT2D eigenvalue weighted by Crippen LogP contribution is 2.13. The second-order valence-corrected chi connectivity index (χ2v) is 4.32. The first-order valence-corrected chi connectivity index (χ1v) is 5.61. The van der Waals surface area contributed by atoms with Gasteiger partial charge in [0.05, 0.1) is 5.56 Å². The second-order valence-electron chi connectivity index (χ2n) is 3.40. The number of hydrogen-bond donors (Lipinski definition) is 0. The van der Waals surface area contributed by atoms with E-state index in [1.807, 2.05) is 11.0 Å². The molecule has 1 aromatic rings. The van der Waals surface area contributed by atoms with Crippen LogP contribution in [-0.4, -0.2) is 28.9 Å². The van der Waals surface area contributed by atoms with Gasteiger partial charge in [0.15, 0.2) is 0 Å². The van der Waals surface area contributed by atoms with Gasteiger partial charge in [0, 0.05) is 30.0 Å². The van der Waals surface area contributed by atoms with Gasteiger partial charge in [-0.05, 0) is 28.4 Å². The molecule has 0 N–H and O–H groups in total. The van der Waals surface area contributed by atoms with E-state index in [1.54, 1.807) is 18.5 Å². The number of carbonyl (C=O) groups is 1. The first kappa shape index (κ1) is 10.4. The summed E-state index contributed by atoms with van der Waals surface area (Å²) < 4.78 is 0.834. The number of nitrogens with zero attached hydrogens (tertiary/aromatic N) is 2. The molecule has 0 saturated heterocycles. The van der Waals surface area contributed by atoms with Crippen molar-refractivity contribution in [1.82, 2.24) is 9.88 Å². The van der Waals surface area contributed by atoms with Gasteiger partial charge in [0.25, 0.3) is 5.91 Å². The molecule has 0 saturated carbocycles. The molecule has 0 aliphatic carbocycles. The van der Waals surface area contributed by atoms with Crippen LogP contribution < -0.4 is 0 Å². The number of carbonyl (C=O) groups excluding carboxylic acids is 1. The highest BCUT2D eigenvalue weighted by molar-refractivity contribution is 9.10. The zero-order valence-corrected chi connectivity index (χ0v) is 9.77. The topological polar surface area (TPSA) is 33.2 Å². The van der Waals surface area contributed by atoms with Crippen molar-refractivity contribution in [3.63, 3.8) is 0 Å². The third-order valence-corrected chi connectivity index (χ3v) is 2.73. The summed E-state index contributed by atoms with van der Waals surface area (Å²) in [4.78, 5) is 17.8. The predicted octanol–water partition coefficient (Wildman–Crippen LogP) is 2.25. The maximum atomic E-state index is 12.0. The van der Waals surface area contributed by atoms with Gasteiger partial charge in [-0.2, -0.15) is 0 Å². The first-order chi connectivity index (χ1) is 7.27. The number of rotatable bonds is 1. The molecule has 1 aromatic heterocycles. The van der Waals surface area contributed by atoms with Crippen molar-refractivity contribution in [2.75, 3.05) is 13.1 Å². The lowest BCUT2D eigenvalue weighted by atomic mass is 10.2. The minimum atomic E-state index is 0.0492. The molecule has 78 valence electrons. The fraction of sp³-hybridized carbons (Fsp3) is 0.273. The molecule has 2 rings (SSSR count). The molecule has 0 radical (unpaired) electrons. The van der Waals surface area contributed by atoms with Crippen LogP contribution in [0.3, 0.4) is 0 Å². The summed E-state index contributed by atoms with van der Waals surface area (Å²) in [5, 5.41) is 0. The smallest absolute Gasteiger partial charge is 0.255 e. The average Bonchev–Trinajstić information content (AvgIpc) is 2.29. The quantitative estimate of drug-likeness (QED) is 0.731. The Hall–Kier alpha value is -1.16. The molecule has 1 aliphatic heterocycles. The number of amides is 1. The average molecular weight is 267 g/mol. The van der Waals surface area contributed by atoms with Crippen LogP contribution in [0.2, 0.25) is 0 Å². The van der Waals surface area contributed by atoms with Crippen LogP contribution in [-0.2, 0) is 0 Å². The van der Waals surface area contributed by atoms with Crippen molar-refractivity contribution in [3.05, 3.63) is 40.6 Å². The zero-order chi connectivity index (χ0) is 10.7. The van der Waals surface area contributed by atoms with Crippen LogP contribution in [0.25, 0.3) is 0 Å². The van der Waals surface area contributed by atoms with Gasteiger partial charge in [-0.3, -0.25) is 9.78 Å². The van der Waals surface area contributed by atoms with Crippen LogP contribution in [0.15, 0.2) is 35.1 Å². The molecule has 0 fully saturated rings. The van der Waals surface area contributed by atoms with E-state index in [0.29, 0.717) is 12.1 Å². The minimum Gasteiger partial charge on any atom is -0.335 e. The van der Waals surface area contributed by atoms with Crippen molar-refractivity contribution in [3.8, 4) is 0 Å². The number of halogens is 1. The zero-order valence-electron chi connectivity index (χ0n) is 8.19. The standard InChI is InChI=1S/C11H11BrN2O/c12-10-6-9(7-13-8-10)11(15)14-4-2-1-3-5-14/h1-2,6-8H,3-5H2. The van der Waals surface area contributed by atoms with E-state index >= 15 is 0 Å². The van der Waals surface area contributed by atoms with Crippen molar-refractivity contribution in [2.45, 2.75) is 6.42 Å². The van der Waals surface area contributed by atoms with Crippen molar-refractivity contribution in [1.29, 1.82) is 0 Å². The molecular weight excluding hydrogens is 256 g/mol. The Morgan fingerprint density at radius 2 is 2.27 bits per heavy atom. The summed E-state index contributed by atoms with van der Waals surface area (Å²) in [6.45, 7) is 1.49. The van der Waals surface area contributed by atoms with E-state index in [4.69, 9.17) is 0 Å². The SMILES string of the molecule is O=C(c1cncc(Br)c1)N1CC=CCC1. The Morgan fingerprint density at radius 1 is 1.40 bits per heavy atom. The second kappa shape index (κ2) is 4.57. The third-order valence-electron chi connectivity index (χ3n) is 2.30. The van der Waals surface area contributed by atoms with E-state index in [9.17, 15) is 4.79 Å². The summed E-state index contributed by atoms with van der Waals surface area (Å²) in [5.41, 5.74) is 0.639. The number of pyridine rings is 1. The van der Waals surface area contributed by atoms with Gasteiger partial charge >= 0.3 is 0 Å². The highest BCUT2D eigenvalue weighted by Gasteiger charge is 2.15. The van der Waals surface area contributed by atoms with Crippen molar-refractivity contribution < 1.29 is 4.79 Å². The van der Waals surface area contributed by atoms with Gasteiger partial charge in [-0.25, -0.2) is 0 Å². The normalized spacial score (nSPS) is 15.4. The van der Waals surface area contributed by atoms with Crippen LogP contribution >= 0.6 is 15.9 Å². The lowest BCUT2D eigenvalue weighted by molar-refractivity contribution is 0.0770. The summed E-state index contributed by atoms with van der Waals surface area (Å²) in [5.74, 6) is 0.0492. The maximum absolute atomic E-state index is 12.0. The molecule has 1 aliphatic rings. The molecule has 15 heavy (non-hydrogen) atoms. The van der Waals surface area contributed by atoms with E-state index in [2.05, 4.69) is 27.0 Å². The lowest BCUT2D eigenvalue weighted by Gasteiger charge is -2.23. The molecule has 0 bridgehead atoms. The van der Waals surface area contributed by atoms with Gasteiger partial charge in [0.2, 0.25) is 0 Å². The van der Waals surface area contributed by atoms with Gasteiger partial charge < -0.3 is 4.90 Å². The molecule has 0 unspecified atom stereocenters. The molecule has 2 heterocycles. The summed E-state index contributed by atoms with van der Waals surface area (Å²) in [6.07, 6.45) is 8.33. The predicted molar refractivity (Wildman–Crippen MR) is 61.6 cm³/mol. The van der Waals surface area contributed by atoms with Crippen molar-refractivity contribution >= 4 is 21.8 Å². The number of aromatic nitrogens is 1. The van der Waals surface area contributed by atoms with Gasteiger partial charge in [-0.1, -0.05) is 12.2 Å². The molecular formula is C11H11BrN2O. The van der Waals surface area contributed by atoms with Crippen molar-refractivity contribution in [2.24, 2.45) is 0 Å². The Bertz CT molecular complexity index is 403. The van der Waals surface area contributed by atoms with Gasteiger partial charge in [-0.15, -0.1) is 0 Å². The Balaban J connectivity index is 2.16. The van der Waals surface area contributed by atoms with E-state index in [1.165, 1.54) is 0 Å². The molecule has 1 amide bonds. The largest absolute Gasteiger partial charge is 0.335 e. The fourth-order valence-electron chi connectivity index (χ4n) is 1.54. The number of hydrogen-bond acceptors (Lipinski definition) is 2. The molecule has 0 atom stereocenters. The summed E-state index contributed by atoms with van der Waals surface area (Å²) in [7, 11) is 0. The molecule has 0 aromatic carbocycles. The Labute approximate surface area is 96.9 Å². The summed E-state index contributed by atoms with van der Waals surface area (Å²) in [6, 6.07) is 1.80. The van der Waals surface area contributed by atoms with Crippen LogP contribution in [0.4, 0.5) is 0 Å². The third kappa shape index (κ3) is 2.45. The van der Waals surface area contributed by atoms with Crippen LogP contribution in [0.1, 0.15) is 16.8 Å². The van der Waals surface area contributed by atoms with E-state index in [-0.39, 0.29) is 5.91 Å². The highest BCUT2D eigenvalue weighted by atomic mass is 79.9. The van der Waals surface area contributed by atoms with Crippen LogP contribution in [0, 0.1) is 0 Å². The molecule has 0 spiro atoms. The van der Waals surface area contributed by atoms with Crippen LogP contribution in [0.5, 0.6) is 0 Å². The molecule has 3 nitrogen and oxygen atoms in total.